The third-order valence-corrected chi connectivity index (χ3v) is 3.60. The third kappa shape index (κ3) is 3.18. The molecule has 5 nitrogen and oxygen atoms in total. The number of alkyl halides is 3. The SMILES string of the molecule is O=C(Nc1c(C(=O)[O-])[nH]c2ccccc12)c1cccc(C(F)(F)F)c1. The molecular weight excluding hydrogens is 337 g/mol. The van der Waals surface area contributed by atoms with Crippen molar-refractivity contribution in [2.75, 3.05) is 5.32 Å². The van der Waals surface area contributed by atoms with Crippen LogP contribution in [-0.2, 0) is 6.18 Å². The van der Waals surface area contributed by atoms with E-state index in [9.17, 15) is 27.9 Å². The number of aromatic nitrogens is 1. The quantitative estimate of drug-likeness (QED) is 0.764. The zero-order valence-electron chi connectivity index (χ0n) is 12.5. The van der Waals surface area contributed by atoms with Crippen LogP contribution in [-0.4, -0.2) is 16.9 Å². The number of anilines is 1. The predicted octanol–water partition coefficient (Wildman–Crippen LogP) is 2.80. The van der Waals surface area contributed by atoms with Crippen molar-refractivity contribution in [2.45, 2.75) is 6.18 Å². The van der Waals surface area contributed by atoms with Crippen molar-refractivity contribution in [1.82, 2.24) is 4.98 Å². The number of amides is 1. The number of halogens is 3. The second-order valence-corrected chi connectivity index (χ2v) is 5.24. The summed E-state index contributed by atoms with van der Waals surface area (Å²) < 4.78 is 38.3. The number of hydrogen-bond donors (Lipinski definition) is 2. The molecule has 0 radical (unpaired) electrons. The maximum atomic E-state index is 12.8. The van der Waals surface area contributed by atoms with Gasteiger partial charge in [0.15, 0.2) is 0 Å². The smallest absolute Gasteiger partial charge is 0.416 e. The summed E-state index contributed by atoms with van der Waals surface area (Å²) in [5.41, 5.74) is -1.19. The molecule has 0 aliphatic carbocycles. The van der Waals surface area contributed by atoms with Gasteiger partial charge in [-0.2, -0.15) is 13.2 Å². The number of rotatable bonds is 3. The molecule has 1 heterocycles. The first-order valence-corrected chi connectivity index (χ1v) is 7.08. The average molecular weight is 347 g/mol. The predicted molar refractivity (Wildman–Crippen MR) is 82.0 cm³/mol. The molecule has 8 heteroatoms. The highest BCUT2D eigenvalue weighted by Gasteiger charge is 2.31. The number of nitrogens with one attached hydrogen (secondary N) is 2. The number of hydrogen-bond acceptors (Lipinski definition) is 3. The number of fused-ring (bicyclic) bond motifs is 1. The van der Waals surface area contributed by atoms with Gasteiger partial charge in [0.25, 0.3) is 5.91 Å². The van der Waals surface area contributed by atoms with Crippen LogP contribution in [0.1, 0.15) is 26.4 Å². The Morgan fingerprint density at radius 3 is 2.44 bits per heavy atom. The molecular formula is C17H10F3N2O3-. The van der Waals surface area contributed by atoms with E-state index in [2.05, 4.69) is 10.3 Å². The van der Waals surface area contributed by atoms with E-state index < -0.39 is 23.6 Å². The standard InChI is InChI=1S/C17H11F3N2O3/c18-17(19,20)10-5-3-4-9(8-10)15(23)22-13-11-6-1-2-7-12(11)21-14(13)16(24)25/h1-8,21H,(H,22,23)(H,24,25)/p-1. The van der Waals surface area contributed by atoms with E-state index in [-0.39, 0.29) is 16.9 Å². The van der Waals surface area contributed by atoms with Crippen molar-refractivity contribution in [3.63, 3.8) is 0 Å². The molecule has 0 atom stereocenters. The van der Waals surface area contributed by atoms with E-state index in [0.29, 0.717) is 17.0 Å². The Bertz CT molecular complexity index is 977. The van der Waals surface area contributed by atoms with Crippen LogP contribution < -0.4 is 10.4 Å². The van der Waals surface area contributed by atoms with Gasteiger partial charge in [-0.15, -0.1) is 0 Å². The zero-order chi connectivity index (χ0) is 18.2. The van der Waals surface area contributed by atoms with Crippen molar-refractivity contribution in [1.29, 1.82) is 0 Å². The lowest BCUT2D eigenvalue weighted by atomic mass is 10.1. The molecule has 25 heavy (non-hydrogen) atoms. The molecule has 1 amide bonds. The van der Waals surface area contributed by atoms with E-state index >= 15 is 0 Å². The van der Waals surface area contributed by atoms with Crippen LogP contribution in [0.5, 0.6) is 0 Å². The lowest BCUT2D eigenvalue weighted by Gasteiger charge is -2.10. The molecule has 0 saturated heterocycles. The number of H-pyrrole nitrogens is 1. The molecule has 2 aromatic carbocycles. The van der Waals surface area contributed by atoms with Crippen LogP contribution in [0.4, 0.5) is 18.9 Å². The number of carbonyl (C=O) groups is 2. The second-order valence-electron chi connectivity index (χ2n) is 5.24. The molecule has 0 aliphatic heterocycles. The van der Waals surface area contributed by atoms with Gasteiger partial charge < -0.3 is 20.2 Å². The van der Waals surface area contributed by atoms with Gasteiger partial charge in [0.05, 0.1) is 22.9 Å². The summed E-state index contributed by atoms with van der Waals surface area (Å²) in [6.07, 6.45) is -4.59. The first kappa shape index (κ1) is 16.6. The van der Waals surface area contributed by atoms with Gasteiger partial charge in [0.1, 0.15) is 0 Å². The normalized spacial score (nSPS) is 11.5. The first-order valence-electron chi connectivity index (χ1n) is 7.08. The lowest BCUT2D eigenvalue weighted by molar-refractivity contribution is -0.255. The van der Waals surface area contributed by atoms with E-state index in [1.807, 2.05) is 0 Å². The van der Waals surface area contributed by atoms with Gasteiger partial charge in [0.2, 0.25) is 0 Å². The van der Waals surface area contributed by atoms with Crippen molar-refractivity contribution >= 4 is 28.5 Å². The number of aromatic carboxylic acids is 1. The summed E-state index contributed by atoms with van der Waals surface area (Å²) in [6.45, 7) is 0. The number of para-hydroxylation sites is 1. The second kappa shape index (κ2) is 5.97. The molecule has 0 saturated carbocycles. The minimum Gasteiger partial charge on any atom is -0.543 e. The van der Waals surface area contributed by atoms with Gasteiger partial charge in [0, 0.05) is 16.5 Å². The highest BCUT2D eigenvalue weighted by Crippen LogP contribution is 2.31. The minimum absolute atomic E-state index is 0.0574. The Morgan fingerprint density at radius 2 is 1.76 bits per heavy atom. The summed E-state index contributed by atoms with van der Waals surface area (Å²) in [5.74, 6) is -2.41. The highest BCUT2D eigenvalue weighted by molar-refractivity contribution is 6.14. The summed E-state index contributed by atoms with van der Waals surface area (Å²) in [4.78, 5) is 26.2. The topological polar surface area (TPSA) is 85.0 Å². The van der Waals surface area contributed by atoms with Crippen LogP contribution in [0.25, 0.3) is 10.9 Å². The van der Waals surface area contributed by atoms with Crippen molar-refractivity contribution in [3.8, 4) is 0 Å². The monoisotopic (exact) mass is 347 g/mol. The molecule has 3 rings (SSSR count). The molecule has 0 aliphatic rings. The number of benzene rings is 2. The molecule has 2 N–H and O–H groups in total. The van der Waals surface area contributed by atoms with E-state index in [1.54, 1.807) is 24.3 Å². The molecule has 1 aromatic heterocycles. The van der Waals surface area contributed by atoms with Gasteiger partial charge in [-0.3, -0.25) is 4.79 Å². The number of carboxylic acids is 1. The first-order chi connectivity index (χ1) is 11.8. The van der Waals surface area contributed by atoms with Crippen molar-refractivity contribution < 1.29 is 27.9 Å². The highest BCUT2D eigenvalue weighted by atomic mass is 19.4. The summed E-state index contributed by atoms with van der Waals surface area (Å²) in [7, 11) is 0. The summed E-state index contributed by atoms with van der Waals surface area (Å²) in [6, 6.07) is 10.3. The largest absolute Gasteiger partial charge is 0.543 e. The van der Waals surface area contributed by atoms with Gasteiger partial charge >= 0.3 is 6.18 Å². The van der Waals surface area contributed by atoms with Crippen LogP contribution in [0.3, 0.4) is 0 Å². The minimum atomic E-state index is -4.59. The van der Waals surface area contributed by atoms with Crippen LogP contribution >= 0.6 is 0 Å². The van der Waals surface area contributed by atoms with Crippen LogP contribution in [0, 0.1) is 0 Å². The summed E-state index contributed by atoms with van der Waals surface area (Å²) in [5, 5.41) is 14.0. The third-order valence-electron chi connectivity index (χ3n) is 3.60. The lowest BCUT2D eigenvalue weighted by Crippen LogP contribution is -2.25. The average Bonchev–Trinajstić information content (AvgIpc) is 2.93. The van der Waals surface area contributed by atoms with Crippen molar-refractivity contribution in [3.05, 3.63) is 65.4 Å². The molecule has 3 aromatic rings. The molecule has 128 valence electrons. The summed E-state index contributed by atoms with van der Waals surface area (Å²) >= 11 is 0. The fraction of sp³-hybridized carbons (Fsp3) is 0.0588. The maximum absolute atomic E-state index is 12.8. The Balaban J connectivity index is 2.00. The van der Waals surface area contributed by atoms with E-state index in [0.717, 1.165) is 12.1 Å². The number of aromatic amines is 1. The van der Waals surface area contributed by atoms with Crippen LogP contribution in [0.2, 0.25) is 0 Å². The van der Waals surface area contributed by atoms with Gasteiger partial charge in [-0.25, -0.2) is 0 Å². The fourth-order valence-electron chi connectivity index (χ4n) is 2.45. The van der Waals surface area contributed by atoms with E-state index in [4.69, 9.17) is 0 Å². The number of carboxylic acid groups (broad SMARTS) is 1. The molecule has 0 spiro atoms. The van der Waals surface area contributed by atoms with Gasteiger partial charge in [-0.1, -0.05) is 24.3 Å². The Labute approximate surface area is 139 Å². The maximum Gasteiger partial charge on any atom is 0.416 e. The van der Waals surface area contributed by atoms with Crippen molar-refractivity contribution in [2.24, 2.45) is 0 Å². The fourth-order valence-corrected chi connectivity index (χ4v) is 2.45. The van der Waals surface area contributed by atoms with Crippen LogP contribution in [0.15, 0.2) is 48.5 Å². The Morgan fingerprint density at radius 1 is 1.04 bits per heavy atom. The molecule has 0 unspecified atom stereocenters. The zero-order valence-corrected chi connectivity index (χ0v) is 12.5. The Hall–Kier alpha value is -3.29. The van der Waals surface area contributed by atoms with E-state index in [1.165, 1.54) is 6.07 Å². The number of carbonyl (C=O) groups excluding carboxylic acids is 2. The Kier molecular flexibility index (Phi) is 3.96. The van der Waals surface area contributed by atoms with Gasteiger partial charge in [-0.05, 0) is 24.3 Å². The molecule has 0 bridgehead atoms. The molecule has 0 fully saturated rings.